The van der Waals surface area contributed by atoms with Crippen LogP contribution in [0.5, 0.6) is 0 Å². The van der Waals surface area contributed by atoms with E-state index >= 15 is 0 Å². The van der Waals surface area contributed by atoms with Gasteiger partial charge < -0.3 is 5.11 Å². The van der Waals surface area contributed by atoms with Gasteiger partial charge in [-0.05, 0) is 30.0 Å². The molecular formula is C10H9FO2. The average Bonchev–Trinajstić information content (AvgIpc) is 2.47. The lowest BCUT2D eigenvalue weighted by Gasteiger charge is -2.15. The lowest BCUT2D eigenvalue weighted by molar-refractivity contribution is -0.124. The van der Waals surface area contributed by atoms with Crippen LogP contribution in [0, 0.1) is 5.82 Å². The highest BCUT2D eigenvalue weighted by Crippen LogP contribution is 2.36. The van der Waals surface area contributed by atoms with Gasteiger partial charge in [0.05, 0.1) is 0 Å². The van der Waals surface area contributed by atoms with Gasteiger partial charge >= 0.3 is 0 Å². The maximum atomic E-state index is 13.1. The van der Waals surface area contributed by atoms with Gasteiger partial charge in [0.2, 0.25) is 0 Å². The first kappa shape index (κ1) is 8.38. The summed E-state index contributed by atoms with van der Waals surface area (Å²) in [6.45, 7) is 0. The number of hydrogen-bond donors (Lipinski definition) is 1. The fourth-order valence-electron chi connectivity index (χ4n) is 1.79. The van der Waals surface area contributed by atoms with Crippen LogP contribution in [0.3, 0.4) is 0 Å². The minimum Gasteiger partial charge on any atom is -0.378 e. The van der Waals surface area contributed by atoms with Gasteiger partial charge in [-0.2, -0.15) is 0 Å². The van der Waals surface area contributed by atoms with Crippen molar-refractivity contribution in [2.45, 2.75) is 18.4 Å². The molecule has 0 bridgehead atoms. The topological polar surface area (TPSA) is 37.3 Å². The number of benzene rings is 1. The van der Waals surface area contributed by atoms with Crippen LogP contribution in [0.1, 0.15) is 17.5 Å². The minimum absolute atomic E-state index is 0.284. The van der Waals surface area contributed by atoms with E-state index in [4.69, 9.17) is 0 Å². The molecule has 1 aromatic rings. The van der Waals surface area contributed by atoms with Crippen LogP contribution in [-0.2, 0) is 16.8 Å². The van der Waals surface area contributed by atoms with Crippen molar-refractivity contribution in [3.8, 4) is 0 Å². The Labute approximate surface area is 75.0 Å². The van der Waals surface area contributed by atoms with Crippen molar-refractivity contribution in [3.63, 3.8) is 0 Å². The van der Waals surface area contributed by atoms with Crippen LogP contribution < -0.4 is 0 Å². The van der Waals surface area contributed by atoms with E-state index in [0.717, 1.165) is 0 Å². The molecule has 13 heavy (non-hydrogen) atoms. The Morgan fingerprint density at radius 2 is 2.31 bits per heavy atom. The monoisotopic (exact) mass is 180 g/mol. The Morgan fingerprint density at radius 3 is 3.00 bits per heavy atom. The summed E-state index contributed by atoms with van der Waals surface area (Å²) in [7, 11) is 0. The summed E-state index contributed by atoms with van der Waals surface area (Å²) in [5.41, 5.74) is -0.572. The molecule has 0 aliphatic heterocycles. The lowest BCUT2D eigenvalue weighted by Crippen LogP contribution is -2.23. The molecule has 1 aliphatic carbocycles. The second-order valence-corrected chi connectivity index (χ2v) is 3.31. The fraction of sp³-hybridized carbons (Fsp3) is 0.300. The number of aldehydes is 1. The van der Waals surface area contributed by atoms with Crippen LogP contribution in [0.25, 0.3) is 0 Å². The van der Waals surface area contributed by atoms with Gasteiger partial charge in [-0.15, -0.1) is 0 Å². The Kier molecular flexibility index (Phi) is 1.70. The molecule has 0 saturated heterocycles. The Morgan fingerprint density at radius 1 is 1.54 bits per heavy atom. The maximum absolute atomic E-state index is 13.1. The Balaban J connectivity index is 2.61. The highest BCUT2D eigenvalue weighted by atomic mass is 19.1. The van der Waals surface area contributed by atoms with E-state index in [1.54, 1.807) is 6.07 Å². The third-order valence-corrected chi connectivity index (χ3v) is 2.54. The summed E-state index contributed by atoms with van der Waals surface area (Å²) in [6, 6.07) is 4.45. The molecule has 3 heteroatoms. The molecule has 1 atom stereocenters. The van der Waals surface area contributed by atoms with Crippen molar-refractivity contribution in [3.05, 3.63) is 35.1 Å². The smallest absolute Gasteiger partial charge is 0.156 e. The summed E-state index contributed by atoms with van der Waals surface area (Å²) in [4.78, 5) is 10.6. The molecule has 0 aromatic heterocycles. The molecule has 1 unspecified atom stereocenters. The molecule has 2 nitrogen and oxygen atoms in total. The van der Waals surface area contributed by atoms with Crippen LogP contribution in [0.15, 0.2) is 18.2 Å². The number of carbonyl (C=O) groups excluding carboxylic acids is 1. The minimum atomic E-state index is -1.46. The molecule has 0 spiro atoms. The zero-order valence-electron chi connectivity index (χ0n) is 6.96. The quantitative estimate of drug-likeness (QED) is 0.658. The van der Waals surface area contributed by atoms with E-state index in [2.05, 4.69) is 0 Å². The number of rotatable bonds is 1. The number of hydrogen-bond acceptors (Lipinski definition) is 2. The molecule has 0 amide bonds. The van der Waals surface area contributed by atoms with Gasteiger partial charge in [0.25, 0.3) is 0 Å². The molecule has 68 valence electrons. The standard InChI is InChI=1S/C10H9FO2/c11-9-3-1-2-8-7(9)4-5-10(8,13)6-12/h1-3,6,13H,4-5H2. The SMILES string of the molecule is O=CC1(O)CCc2c(F)cccc21. The van der Waals surface area contributed by atoms with Gasteiger partial charge in [0.15, 0.2) is 6.29 Å². The molecule has 1 N–H and O–H groups in total. The molecule has 0 heterocycles. The van der Waals surface area contributed by atoms with E-state index in [9.17, 15) is 14.3 Å². The van der Waals surface area contributed by atoms with Crippen molar-refractivity contribution in [2.24, 2.45) is 0 Å². The molecule has 0 fully saturated rings. The maximum Gasteiger partial charge on any atom is 0.156 e. The molecule has 0 saturated carbocycles. The summed E-state index contributed by atoms with van der Waals surface area (Å²) in [5, 5.41) is 9.74. The summed E-state index contributed by atoms with van der Waals surface area (Å²) in [5.74, 6) is -0.338. The second kappa shape index (κ2) is 2.64. The molecule has 1 aliphatic rings. The first-order valence-corrected chi connectivity index (χ1v) is 4.14. The van der Waals surface area contributed by atoms with Gasteiger partial charge in [0.1, 0.15) is 11.4 Å². The van der Waals surface area contributed by atoms with Crippen molar-refractivity contribution < 1.29 is 14.3 Å². The van der Waals surface area contributed by atoms with Crippen LogP contribution >= 0.6 is 0 Å². The third-order valence-electron chi connectivity index (χ3n) is 2.54. The summed E-state index contributed by atoms with van der Waals surface area (Å²) < 4.78 is 13.1. The van der Waals surface area contributed by atoms with Crippen molar-refractivity contribution >= 4 is 6.29 Å². The van der Waals surface area contributed by atoms with E-state index in [-0.39, 0.29) is 12.2 Å². The normalized spacial score (nSPS) is 25.7. The van der Waals surface area contributed by atoms with Crippen LogP contribution in [0.2, 0.25) is 0 Å². The number of halogens is 1. The number of aliphatic hydroxyl groups is 1. The van der Waals surface area contributed by atoms with Crippen molar-refractivity contribution in [2.75, 3.05) is 0 Å². The Hall–Kier alpha value is -1.22. The molecule has 0 radical (unpaired) electrons. The van der Waals surface area contributed by atoms with E-state index in [1.807, 2.05) is 0 Å². The van der Waals surface area contributed by atoms with E-state index in [0.29, 0.717) is 23.8 Å². The first-order valence-electron chi connectivity index (χ1n) is 4.14. The first-order chi connectivity index (χ1) is 6.17. The van der Waals surface area contributed by atoms with E-state index in [1.165, 1.54) is 12.1 Å². The predicted molar refractivity (Wildman–Crippen MR) is 44.7 cm³/mol. The van der Waals surface area contributed by atoms with Crippen LogP contribution in [-0.4, -0.2) is 11.4 Å². The number of carbonyl (C=O) groups is 1. The van der Waals surface area contributed by atoms with Crippen molar-refractivity contribution in [1.82, 2.24) is 0 Å². The Bertz CT molecular complexity index is 362. The van der Waals surface area contributed by atoms with Gasteiger partial charge in [-0.3, -0.25) is 4.79 Å². The predicted octanol–water partition coefficient (Wildman–Crippen LogP) is 1.16. The van der Waals surface area contributed by atoms with Gasteiger partial charge in [-0.25, -0.2) is 4.39 Å². The molecule has 1 aromatic carbocycles. The van der Waals surface area contributed by atoms with Gasteiger partial charge in [0, 0.05) is 0 Å². The summed E-state index contributed by atoms with van der Waals surface area (Å²) >= 11 is 0. The lowest BCUT2D eigenvalue weighted by atomic mass is 9.98. The van der Waals surface area contributed by atoms with Crippen LogP contribution in [0.4, 0.5) is 4.39 Å². The highest BCUT2D eigenvalue weighted by molar-refractivity contribution is 5.68. The van der Waals surface area contributed by atoms with Gasteiger partial charge in [-0.1, -0.05) is 12.1 Å². The third kappa shape index (κ3) is 1.08. The second-order valence-electron chi connectivity index (χ2n) is 3.31. The molecular weight excluding hydrogens is 171 g/mol. The zero-order valence-corrected chi connectivity index (χ0v) is 6.96. The average molecular weight is 180 g/mol. The van der Waals surface area contributed by atoms with E-state index < -0.39 is 5.60 Å². The largest absolute Gasteiger partial charge is 0.378 e. The fourth-order valence-corrected chi connectivity index (χ4v) is 1.79. The summed E-state index contributed by atoms with van der Waals surface area (Å²) in [6.07, 6.45) is 1.20. The van der Waals surface area contributed by atoms with Crippen molar-refractivity contribution in [1.29, 1.82) is 0 Å². The zero-order chi connectivity index (χ0) is 9.47. The number of fused-ring (bicyclic) bond motifs is 1. The highest BCUT2D eigenvalue weighted by Gasteiger charge is 2.37. The molecule has 2 rings (SSSR count).